The Morgan fingerprint density at radius 1 is 1.30 bits per heavy atom. The van der Waals surface area contributed by atoms with Crippen molar-refractivity contribution in [2.24, 2.45) is 0 Å². The number of ether oxygens (including phenoxy) is 1. The molecule has 0 unspecified atom stereocenters. The average Bonchev–Trinajstić information content (AvgIpc) is 2.37. The van der Waals surface area contributed by atoms with E-state index in [-0.39, 0.29) is 17.1 Å². The molecule has 0 aliphatic rings. The van der Waals surface area contributed by atoms with Crippen molar-refractivity contribution in [1.29, 1.82) is 0 Å². The summed E-state index contributed by atoms with van der Waals surface area (Å²) in [7, 11) is 0. The molecule has 0 spiro atoms. The molecule has 7 heteroatoms. The van der Waals surface area contributed by atoms with Gasteiger partial charge in [-0.05, 0) is 36.8 Å². The van der Waals surface area contributed by atoms with Crippen molar-refractivity contribution in [2.75, 3.05) is 0 Å². The topological polar surface area (TPSA) is 52.4 Å². The summed E-state index contributed by atoms with van der Waals surface area (Å²) in [5.41, 5.74) is -0.208. The number of hydrogen-bond donors (Lipinski definition) is 0. The Morgan fingerprint density at radius 3 is 2.65 bits per heavy atom. The number of rotatable bonds is 3. The molecule has 104 valence electrons. The van der Waals surface area contributed by atoms with Crippen molar-refractivity contribution in [3.05, 3.63) is 61.3 Å². The van der Waals surface area contributed by atoms with Crippen LogP contribution in [0.25, 0.3) is 0 Å². The fourth-order valence-electron chi connectivity index (χ4n) is 1.54. The maximum absolute atomic E-state index is 13.4. The largest absolute Gasteiger partial charge is 0.449 e. The van der Waals surface area contributed by atoms with Crippen molar-refractivity contribution >= 4 is 33.2 Å². The van der Waals surface area contributed by atoms with E-state index in [1.54, 1.807) is 18.2 Å². The van der Waals surface area contributed by atoms with Crippen molar-refractivity contribution in [3.8, 4) is 11.5 Å². The highest BCUT2D eigenvalue weighted by Crippen LogP contribution is 2.37. The Kier molecular flexibility index (Phi) is 4.25. The highest BCUT2D eigenvalue weighted by molar-refractivity contribution is 9.10. The van der Waals surface area contributed by atoms with Crippen molar-refractivity contribution < 1.29 is 14.1 Å². The number of aryl methyl sites for hydroxylation is 1. The van der Waals surface area contributed by atoms with Crippen molar-refractivity contribution in [2.45, 2.75) is 6.92 Å². The number of halogens is 3. The maximum Gasteiger partial charge on any atom is 0.314 e. The van der Waals surface area contributed by atoms with E-state index < -0.39 is 16.4 Å². The molecule has 2 rings (SSSR count). The lowest BCUT2D eigenvalue weighted by Gasteiger charge is -2.09. The Hall–Kier alpha value is -1.66. The zero-order valence-corrected chi connectivity index (χ0v) is 12.5. The number of benzene rings is 2. The van der Waals surface area contributed by atoms with Gasteiger partial charge >= 0.3 is 5.69 Å². The summed E-state index contributed by atoms with van der Waals surface area (Å²) in [5.74, 6) is -0.478. The van der Waals surface area contributed by atoms with Crippen molar-refractivity contribution in [1.82, 2.24) is 0 Å². The molecule has 0 saturated heterocycles. The molecule has 0 bridgehead atoms. The molecule has 0 aromatic heterocycles. The van der Waals surface area contributed by atoms with Gasteiger partial charge in [0.2, 0.25) is 5.75 Å². The lowest BCUT2D eigenvalue weighted by atomic mass is 10.2. The van der Waals surface area contributed by atoms with Crippen LogP contribution in [0, 0.1) is 22.9 Å². The summed E-state index contributed by atoms with van der Waals surface area (Å²) in [5, 5.41) is 11.2. The third-order valence-electron chi connectivity index (χ3n) is 2.55. The molecule has 2 aromatic rings. The zero-order valence-electron chi connectivity index (χ0n) is 10.2. The first-order chi connectivity index (χ1) is 9.38. The van der Waals surface area contributed by atoms with Gasteiger partial charge in [0, 0.05) is 4.47 Å². The molecule has 0 N–H and O–H groups in total. The fourth-order valence-corrected chi connectivity index (χ4v) is 2.04. The third kappa shape index (κ3) is 3.08. The molecule has 20 heavy (non-hydrogen) atoms. The Labute approximate surface area is 127 Å². The lowest BCUT2D eigenvalue weighted by molar-refractivity contribution is -0.385. The maximum atomic E-state index is 13.4. The second-order valence-corrected chi connectivity index (χ2v) is 5.33. The molecule has 0 saturated carbocycles. The molecule has 0 aliphatic carbocycles. The second kappa shape index (κ2) is 5.76. The Morgan fingerprint density at radius 2 is 2.00 bits per heavy atom. The van der Waals surface area contributed by atoms with Crippen LogP contribution in [0.4, 0.5) is 10.1 Å². The second-order valence-electron chi connectivity index (χ2n) is 4.00. The number of nitro groups is 1. The Bertz CT molecular complexity index is 694. The third-order valence-corrected chi connectivity index (χ3v) is 3.36. The normalized spacial score (nSPS) is 10.4. The first-order valence-corrected chi connectivity index (χ1v) is 6.63. The van der Waals surface area contributed by atoms with Gasteiger partial charge in [0.1, 0.15) is 11.6 Å². The molecule has 0 amide bonds. The Balaban J connectivity index is 2.50. The highest BCUT2D eigenvalue weighted by atomic mass is 79.9. The first-order valence-electron chi connectivity index (χ1n) is 5.46. The molecule has 0 aliphatic heterocycles. The van der Waals surface area contributed by atoms with Crippen LogP contribution in [0.2, 0.25) is 5.02 Å². The van der Waals surface area contributed by atoms with Gasteiger partial charge in [-0.25, -0.2) is 4.39 Å². The van der Waals surface area contributed by atoms with Crippen LogP contribution in [-0.4, -0.2) is 4.92 Å². The minimum absolute atomic E-state index is 0.0612. The van der Waals surface area contributed by atoms with E-state index in [2.05, 4.69) is 15.9 Å². The van der Waals surface area contributed by atoms with Gasteiger partial charge in [-0.1, -0.05) is 27.5 Å². The standard InChI is InChI=1S/C13H8BrClFNO3/c1-7-4-13(11(17(18)19)6-10(7)16)20-12-5-8(14)2-3-9(12)15/h2-6H,1H3. The average molecular weight is 361 g/mol. The molecule has 4 nitrogen and oxygen atoms in total. The SMILES string of the molecule is Cc1cc(Oc2cc(Br)ccc2Cl)c([N+](=O)[O-])cc1F. The van der Waals surface area contributed by atoms with Gasteiger partial charge < -0.3 is 4.74 Å². The summed E-state index contributed by atoms with van der Waals surface area (Å²) < 4.78 is 19.6. The zero-order chi connectivity index (χ0) is 14.9. The predicted molar refractivity (Wildman–Crippen MR) is 77.0 cm³/mol. The summed E-state index contributed by atoms with van der Waals surface area (Å²) >= 11 is 9.21. The molecular weight excluding hydrogens is 353 g/mol. The molecule has 0 radical (unpaired) electrons. The van der Waals surface area contributed by atoms with E-state index >= 15 is 0 Å². The monoisotopic (exact) mass is 359 g/mol. The number of nitro benzene ring substituents is 1. The number of hydrogen-bond acceptors (Lipinski definition) is 3. The van der Waals surface area contributed by atoms with Gasteiger partial charge in [-0.15, -0.1) is 0 Å². The van der Waals surface area contributed by atoms with Crippen LogP contribution in [0.3, 0.4) is 0 Å². The van der Waals surface area contributed by atoms with Crippen LogP contribution in [-0.2, 0) is 0 Å². The van der Waals surface area contributed by atoms with Crippen LogP contribution in [0.15, 0.2) is 34.8 Å². The molecule has 0 heterocycles. The fraction of sp³-hybridized carbons (Fsp3) is 0.0769. The van der Waals surface area contributed by atoms with Crippen LogP contribution < -0.4 is 4.74 Å². The van der Waals surface area contributed by atoms with E-state index in [0.29, 0.717) is 9.50 Å². The summed E-state index contributed by atoms with van der Waals surface area (Å²) in [6.07, 6.45) is 0. The van der Waals surface area contributed by atoms with E-state index in [0.717, 1.165) is 6.07 Å². The molecule has 0 atom stereocenters. The van der Waals surface area contributed by atoms with E-state index in [4.69, 9.17) is 16.3 Å². The van der Waals surface area contributed by atoms with Crippen LogP contribution in [0.5, 0.6) is 11.5 Å². The van der Waals surface area contributed by atoms with Gasteiger partial charge in [-0.2, -0.15) is 0 Å². The molecule has 2 aromatic carbocycles. The van der Waals surface area contributed by atoms with Gasteiger partial charge in [0.15, 0.2) is 0 Å². The van der Waals surface area contributed by atoms with Gasteiger partial charge in [-0.3, -0.25) is 10.1 Å². The summed E-state index contributed by atoms with van der Waals surface area (Å²) in [4.78, 5) is 10.2. The highest BCUT2D eigenvalue weighted by Gasteiger charge is 2.20. The van der Waals surface area contributed by atoms with Gasteiger partial charge in [0.25, 0.3) is 0 Å². The number of nitrogens with zero attached hydrogens (tertiary/aromatic N) is 1. The lowest BCUT2D eigenvalue weighted by Crippen LogP contribution is -1.96. The van der Waals surface area contributed by atoms with E-state index in [9.17, 15) is 14.5 Å². The van der Waals surface area contributed by atoms with Crippen LogP contribution in [0.1, 0.15) is 5.56 Å². The smallest absolute Gasteiger partial charge is 0.314 e. The van der Waals surface area contributed by atoms with Gasteiger partial charge in [0.05, 0.1) is 16.0 Å². The minimum atomic E-state index is -0.705. The first kappa shape index (κ1) is 14.7. The predicted octanol–water partition coefficient (Wildman–Crippen LogP) is 5.25. The quantitative estimate of drug-likeness (QED) is 0.555. The van der Waals surface area contributed by atoms with Crippen molar-refractivity contribution in [3.63, 3.8) is 0 Å². The molecule has 0 fully saturated rings. The summed E-state index contributed by atoms with van der Waals surface area (Å²) in [6.45, 7) is 1.49. The van der Waals surface area contributed by atoms with E-state index in [1.807, 2.05) is 0 Å². The van der Waals surface area contributed by atoms with Crippen LogP contribution >= 0.6 is 27.5 Å². The summed E-state index contributed by atoms with van der Waals surface area (Å²) in [6, 6.07) is 6.97. The van der Waals surface area contributed by atoms with E-state index in [1.165, 1.54) is 13.0 Å². The molecular formula is C13H8BrClFNO3. The minimum Gasteiger partial charge on any atom is -0.449 e.